The Morgan fingerprint density at radius 1 is 0.481 bits per heavy atom. The second-order valence-corrected chi connectivity index (χ2v) is 14.5. The highest BCUT2D eigenvalue weighted by atomic mass is 32.1. The monoisotopic (exact) mass is 682 g/mol. The molecule has 0 amide bonds. The molecule has 52 heavy (non-hydrogen) atoms. The Bertz CT molecular complexity index is 3010. The third-order valence-corrected chi connectivity index (χ3v) is 11.5. The number of fused-ring (bicyclic) bond motifs is 7. The summed E-state index contributed by atoms with van der Waals surface area (Å²) in [6.07, 6.45) is 6.97. The van der Waals surface area contributed by atoms with Crippen molar-refractivity contribution >= 4 is 71.1 Å². The molecule has 3 heterocycles. The molecule has 0 fully saturated rings. The van der Waals surface area contributed by atoms with Gasteiger partial charge >= 0.3 is 0 Å². The number of thiophene rings is 1. The van der Waals surface area contributed by atoms with Crippen LogP contribution in [0.2, 0.25) is 0 Å². The van der Waals surface area contributed by atoms with Gasteiger partial charge in [0.2, 0.25) is 0 Å². The molecule has 246 valence electrons. The molecule has 0 atom stereocenters. The fourth-order valence-electron chi connectivity index (χ4n) is 8.02. The second kappa shape index (κ2) is 12.4. The minimum atomic E-state index is 0.869. The molecule has 0 radical (unpaired) electrons. The Hall–Kier alpha value is -6.42. The minimum Gasteiger partial charge on any atom is -0.309 e. The largest absolute Gasteiger partial charge is 0.309 e. The molecule has 0 aliphatic carbocycles. The maximum atomic E-state index is 3.91. The smallest absolute Gasteiger partial charge is 0.0541 e. The Balaban J connectivity index is 1.08. The Kier molecular flexibility index (Phi) is 7.26. The fraction of sp³-hybridized carbons (Fsp3) is 0.0204. The molecule has 0 unspecified atom stereocenters. The van der Waals surface area contributed by atoms with Crippen molar-refractivity contribution in [3.63, 3.8) is 0 Å². The molecule has 0 N–H and O–H groups in total. The molecule has 10 aromatic rings. The first-order valence-corrected chi connectivity index (χ1v) is 18.6. The first-order valence-electron chi connectivity index (χ1n) is 17.8. The van der Waals surface area contributed by atoms with Gasteiger partial charge in [0.25, 0.3) is 0 Å². The van der Waals surface area contributed by atoms with E-state index in [1.807, 2.05) is 23.5 Å². The number of nitrogens with zero attached hydrogens (tertiary/aromatic N) is 2. The van der Waals surface area contributed by atoms with Crippen molar-refractivity contribution in [3.8, 4) is 22.5 Å². The molecule has 0 spiro atoms. The number of hydrogen-bond acceptors (Lipinski definition) is 1. The van der Waals surface area contributed by atoms with E-state index in [4.69, 9.17) is 0 Å². The van der Waals surface area contributed by atoms with Crippen molar-refractivity contribution in [2.45, 2.75) is 6.42 Å². The summed E-state index contributed by atoms with van der Waals surface area (Å²) >= 11 is 1.88. The molecule has 0 saturated heterocycles. The number of hydrogen-bond donors (Lipinski definition) is 0. The standard InChI is InChI=1S/C49H34N2S/c1-2-3-18-41-40-21-9-12-24-48(40)52-49(41)30-33-14-13-17-37(29-33)51-45-23-11-8-20-39(45)43-32-35(26-28-47(43)51)34-25-27-46-42(31-34)38-19-7-10-22-44(38)50(46)36-15-5-4-6-16-36/h2-29,31-32H,1,30H2/b18-3-. The number of para-hydroxylation sites is 3. The first-order chi connectivity index (χ1) is 25.7. The molecule has 7 aromatic carbocycles. The summed E-state index contributed by atoms with van der Waals surface area (Å²) in [6.45, 7) is 3.91. The van der Waals surface area contributed by atoms with E-state index >= 15 is 0 Å². The molecule has 2 nitrogen and oxygen atoms in total. The fourth-order valence-corrected chi connectivity index (χ4v) is 9.25. The van der Waals surface area contributed by atoms with Gasteiger partial charge in [-0.3, -0.25) is 0 Å². The van der Waals surface area contributed by atoms with Crippen LogP contribution in [0.4, 0.5) is 0 Å². The highest BCUT2D eigenvalue weighted by Gasteiger charge is 2.17. The van der Waals surface area contributed by atoms with Crippen LogP contribution in [0, 0.1) is 0 Å². The Morgan fingerprint density at radius 3 is 1.71 bits per heavy atom. The van der Waals surface area contributed by atoms with Gasteiger partial charge in [0.05, 0.1) is 22.1 Å². The van der Waals surface area contributed by atoms with E-state index in [2.05, 4.69) is 186 Å². The topological polar surface area (TPSA) is 9.86 Å². The summed E-state index contributed by atoms with van der Waals surface area (Å²) < 4.78 is 6.12. The lowest BCUT2D eigenvalue weighted by atomic mass is 10.0. The summed E-state index contributed by atoms with van der Waals surface area (Å²) in [4.78, 5) is 1.37. The summed E-state index contributed by atoms with van der Waals surface area (Å²) in [5.41, 5.74) is 12.2. The predicted molar refractivity (Wildman–Crippen MR) is 224 cm³/mol. The van der Waals surface area contributed by atoms with Gasteiger partial charge in [-0.1, -0.05) is 122 Å². The van der Waals surface area contributed by atoms with E-state index in [9.17, 15) is 0 Å². The lowest BCUT2D eigenvalue weighted by Crippen LogP contribution is -1.96. The van der Waals surface area contributed by atoms with Crippen LogP contribution < -0.4 is 0 Å². The van der Waals surface area contributed by atoms with Gasteiger partial charge in [-0.05, 0) is 94.4 Å². The number of benzene rings is 7. The number of rotatable bonds is 7. The van der Waals surface area contributed by atoms with Crippen LogP contribution in [0.1, 0.15) is 16.0 Å². The highest BCUT2D eigenvalue weighted by Crippen LogP contribution is 2.39. The van der Waals surface area contributed by atoms with Gasteiger partial charge in [0.1, 0.15) is 0 Å². The van der Waals surface area contributed by atoms with Gasteiger partial charge in [0.15, 0.2) is 0 Å². The maximum absolute atomic E-state index is 3.91. The van der Waals surface area contributed by atoms with E-state index in [1.54, 1.807) is 0 Å². The summed E-state index contributed by atoms with van der Waals surface area (Å²) in [5, 5.41) is 6.34. The van der Waals surface area contributed by atoms with Crippen LogP contribution in [-0.2, 0) is 6.42 Å². The minimum absolute atomic E-state index is 0.869. The summed E-state index contributed by atoms with van der Waals surface area (Å²) in [6, 6.07) is 59.8. The van der Waals surface area contributed by atoms with Gasteiger partial charge in [-0.25, -0.2) is 0 Å². The van der Waals surface area contributed by atoms with Crippen molar-refractivity contribution < 1.29 is 0 Å². The van der Waals surface area contributed by atoms with Crippen LogP contribution in [0.25, 0.3) is 82.3 Å². The molecular weight excluding hydrogens is 649 g/mol. The quantitative estimate of drug-likeness (QED) is 0.148. The average molecular weight is 683 g/mol. The summed E-state index contributed by atoms with van der Waals surface area (Å²) in [5.74, 6) is 0. The normalized spacial score (nSPS) is 11.9. The SMILES string of the molecule is C=C/C=C\c1c(Cc2cccc(-n3c4ccccc4c4cc(-c5ccc6c(c5)c5ccccc5n6-c5ccccc5)ccc43)c2)sc2ccccc12. The molecule has 3 aromatic heterocycles. The molecule has 10 rings (SSSR count). The highest BCUT2D eigenvalue weighted by molar-refractivity contribution is 7.19. The molecule has 3 heteroatoms. The predicted octanol–water partition coefficient (Wildman–Crippen LogP) is 13.6. The van der Waals surface area contributed by atoms with E-state index in [0.717, 1.165) is 6.42 Å². The van der Waals surface area contributed by atoms with Crippen LogP contribution in [0.3, 0.4) is 0 Å². The zero-order valence-corrected chi connectivity index (χ0v) is 29.4. The van der Waals surface area contributed by atoms with E-state index < -0.39 is 0 Å². The van der Waals surface area contributed by atoms with Crippen LogP contribution >= 0.6 is 11.3 Å². The first kappa shape index (κ1) is 30.4. The van der Waals surface area contributed by atoms with Crippen LogP contribution in [0.15, 0.2) is 183 Å². The summed E-state index contributed by atoms with van der Waals surface area (Å²) in [7, 11) is 0. The van der Waals surface area contributed by atoms with Crippen LogP contribution in [-0.4, -0.2) is 9.13 Å². The number of aromatic nitrogens is 2. The molecule has 0 aliphatic rings. The van der Waals surface area contributed by atoms with Crippen molar-refractivity contribution in [2.24, 2.45) is 0 Å². The lowest BCUT2D eigenvalue weighted by Gasteiger charge is -2.11. The average Bonchev–Trinajstić information content (AvgIpc) is 3.84. The van der Waals surface area contributed by atoms with Crippen molar-refractivity contribution in [1.29, 1.82) is 0 Å². The molecular formula is C49H34N2S. The van der Waals surface area contributed by atoms with Crippen molar-refractivity contribution in [1.82, 2.24) is 9.13 Å². The molecule has 0 aliphatic heterocycles. The zero-order valence-electron chi connectivity index (χ0n) is 28.5. The lowest BCUT2D eigenvalue weighted by molar-refractivity contribution is 1.15. The van der Waals surface area contributed by atoms with E-state index in [0.29, 0.717) is 0 Å². The van der Waals surface area contributed by atoms with Gasteiger partial charge in [-0.2, -0.15) is 0 Å². The van der Waals surface area contributed by atoms with E-state index in [1.165, 1.54) is 92.2 Å². The second-order valence-electron chi connectivity index (χ2n) is 13.4. The van der Waals surface area contributed by atoms with Crippen LogP contribution in [0.5, 0.6) is 0 Å². The zero-order chi connectivity index (χ0) is 34.6. The third kappa shape index (κ3) is 4.93. The Morgan fingerprint density at radius 2 is 1.04 bits per heavy atom. The third-order valence-electron chi connectivity index (χ3n) is 10.3. The van der Waals surface area contributed by atoms with Crippen molar-refractivity contribution in [3.05, 3.63) is 199 Å². The van der Waals surface area contributed by atoms with Gasteiger partial charge in [0, 0.05) is 48.9 Å². The van der Waals surface area contributed by atoms with Gasteiger partial charge in [-0.15, -0.1) is 11.3 Å². The number of allylic oxidation sites excluding steroid dienone is 2. The Labute approximate surface area is 306 Å². The molecule has 0 saturated carbocycles. The maximum Gasteiger partial charge on any atom is 0.0541 e. The van der Waals surface area contributed by atoms with Gasteiger partial charge < -0.3 is 9.13 Å². The van der Waals surface area contributed by atoms with E-state index in [-0.39, 0.29) is 0 Å². The van der Waals surface area contributed by atoms with Crippen molar-refractivity contribution in [2.75, 3.05) is 0 Å². The molecule has 0 bridgehead atoms.